The maximum atomic E-state index is 13.4. The van der Waals surface area contributed by atoms with Crippen LogP contribution in [0.4, 0.5) is 0 Å². The summed E-state index contributed by atoms with van der Waals surface area (Å²) in [4.78, 5) is 15.3. The third-order valence-corrected chi connectivity index (χ3v) is 5.14. The van der Waals surface area contributed by atoms with Crippen LogP contribution in [-0.2, 0) is 0 Å². The Morgan fingerprint density at radius 2 is 1.83 bits per heavy atom. The first-order valence-electron chi connectivity index (χ1n) is 10.1. The van der Waals surface area contributed by atoms with Crippen LogP contribution in [0.3, 0.4) is 0 Å². The van der Waals surface area contributed by atoms with Gasteiger partial charge in [0.15, 0.2) is 0 Å². The minimum Gasteiger partial charge on any atom is -0.497 e. The van der Waals surface area contributed by atoms with Crippen molar-refractivity contribution in [1.29, 1.82) is 0 Å². The molecule has 5 heteroatoms. The van der Waals surface area contributed by atoms with Crippen LogP contribution in [0.5, 0.6) is 11.5 Å². The summed E-state index contributed by atoms with van der Waals surface area (Å²) in [5, 5.41) is 3.50. The molecular formula is C24H30N2O3. The molecule has 1 fully saturated rings. The van der Waals surface area contributed by atoms with Crippen molar-refractivity contribution in [2.45, 2.75) is 25.8 Å². The zero-order valence-electron chi connectivity index (χ0n) is 17.5. The Hall–Kier alpha value is -2.79. The van der Waals surface area contributed by atoms with Gasteiger partial charge in [-0.3, -0.25) is 4.79 Å². The van der Waals surface area contributed by atoms with Crippen molar-refractivity contribution in [2.24, 2.45) is 0 Å². The molecule has 3 rings (SSSR count). The second-order valence-electron chi connectivity index (χ2n) is 7.48. The zero-order chi connectivity index (χ0) is 20.6. The fraction of sp³-hybridized carbons (Fsp3) is 0.375. The first kappa shape index (κ1) is 20.9. The summed E-state index contributed by atoms with van der Waals surface area (Å²) >= 11 is 0. The number of methoxy groups -OCH3 is 2. The molecule has 0 unspecified atom stereocenters. The van der Waals surface area contributed by atoms with Gasteiger partial charge in [-0.25, -0.2) is 0 Å². The van der Waals surface area contributed by atoms with Gasteiger partial charge in [-0.2, -0.15) is 0 Å². The highest BCUT2D eigenvalue weighted by Crippen LogP contribution is 2.24. The van der Waals surface area contributed by atoms with Crippen LogP contribution in [0.15, 0.2) is 54.1 Å². The Morgan fingerprint density at radius 3 is 2.41 bits per heavy atom. The van der Waals surface area contributed by atoms with Crippen molar-refractivity contribution >= 4 is 12.0 Å². The molecule has 0 aromatic heterocycles. The average molecular weight is 395 g/mol. The standard InChI is InChI=1S/C24H30N2O3/c1-18(12-19-8-5-4-6-9-19)16-26(17-21-10-7-11-25-21)24(27)20-13-22(28-2)15-23(14-20)29-3/h4-6,8-9,12-15,21,25H,7,10-11,16-17H2,1-3H3/t21-/m0/s1. The highest BCUT2D eigenvalue weighted by molar-refractivity contribution is 5.95. The van der Waals surface area contributed by atoms with Crippen LogP contribution in [-0.4, -0.2) is 50.7 Å². The molecule has 2 aromatic rings. The van der Waals surface area contributed by atoms with Crippen LogP contribution in [0.2, 0.25) is 0 Å². The summed E-state index contributed by atoms with van der Waals surface area (Å²) in [5.74, 6) is 1.21. The Bertz CT molecular complexity index is 820. The molecule has 5 nitrogen and oxygen atoms in total. The second-order valence-corrected chi connectivity index (χ2v) is 7.48. The van der Waals surface area contributed by atoms with Gasteiger partial charge in [0.2, 0.25) is 0 Å². The van der Waals surface area contributed by atoms with Gasteiger partial charge in [-0.05, 0) is 44.0 Å². The number of hydrogen-bond acceptors (Lipinski definition) is 4. The van der Waals surface area contributed by atoms with E-state index in [-0.39, 0.29) is 5.91 Å². The van der Waals surface area contributed by atoms with Crippen LogP contribution >= 0.6 is 0 Å². The van der Waals surface area contributed by atoms with E-state index >= 15 is 0 Å². The fourth-order valence-corrected chi connectivity index (χ4v) is 3.69. The summed E-state index contributed by atoms with van der Waals surface area (Å²) < 4.78 is 10.7. The van der Waals surface area contributed by atoms with E-state index in [0.29, 0.717) is 36.2 Å². The predicted molar refractivity (Wildman–Crippen MR) is 117 cm³/mol. The van der Waals surface area contributed by atoms with Gasteiger partial charge in [0, 0.05) is 30.8 Å². The molecule has 1 aliphatic rings. The molecule has 0 saturated carbocycles. The number of nitrogens with zero attached hydrogens (tertiary/aromatic N) is 1. The van der Waals surface area contributed by atoms with E-state index in [1.807, 2.05) is 23.1 Å². The van der Waals surface area contributed by atoms with Crippen molar-refractivity contribution in [3.8, 4) is 11.5 Å². The topological polar surface area (TPSA) is 50.8 Å². The Balaban J connectivity index is 1.84. The summed E-state index contributed by atoms with van der Waals surface area (Å²) in [5.41, 5.74) is 2.85. The summed E-state index contributed by atoms with van der Waals surface area (Å²) in [6, 6.07) is 15.8. The molecule has 1 atom stereocenters. The molecule has 1 heterocycles. The van der Waals surface area contributed by atoms with Gasteiger partial charge < -0.3 is 19.7 Å². The van der Waals surface area contributed by atoms with E-state index in [2.05, 4.69) is 30.4 Å². The van der Waals surface area contributed by atoms with Crippen molar-refractivity contribution in [2.75, 3.05) is 33.9 Å². The number of benzene rings is 2. The van der Waals surface area contributed by atoms with Gasteiger partial charge in [0.1, 0.15) is 11.5 Å². The number of nitrogens with one attached hydrogen (secondary N) is 1. The lowest BCUT2D eigenvalue weighted by atomic mass is 10.1. The minimum absolute atomic E-state index is 0.0169. The van der Waals surface area contributed by atoms with Gasteiger partial charge in [0.25, 0.3) is 5.91 Å². The molecule has 0 radical (unpaired) electrons. The number of carbonyl (C=O) groups is 1. The quantitative estimate of drug-likeness (QED) is 0.735. The monoisotopic (exact) mass is 394 g/mol. The predicted octanol–water partition coefficient (Wildman–Crippen LogP) is 4.00. The van der Waals surface area contributed by atoms with E-state index in [4.69, 9.17) is 9.47 Å². The van der Waals surface area contributed by atoms with Gasteiger partial charge in [-0.15, -0.1) is 0 Å². The smallest absolute Gasteiger partial charge is 0.254 e. The van der Waals surface area contributed by atoms with Crippen LogP contribution < -0.4 is 14.8 Å². The van der Waals surface area contributed by atoms with Crippen molar-refractivity contribution in [1.82, 2.24) is 10.2 Å². The lowest BCUT2D eigenvalue weighted by molar-refractivity contribution is 0.0756. The van der Waals surface area contributed by atoms with Crippen LogP contribution in [0.1, 0.15) is 35.7 Å². The largest absolute Gasteiger partial charge is 0.497 e. The van der Waals surface area contributed by atoms with Crippen molar-refractivity contribution < 1.29 is 14.3 Å². The third-order valence-electron chi connectivity index (χ3n) is 5.14. The Kier molecular flexibility index (Phi) is 7.30. The first-order chi connectivity index (χ1) is 14.1. The normalized spacial score (nSPS) is 16.5. The average Bonchev–Trinajstić information content (AvgIpc) is 3.26. The van der Waals surface area contributed by atoms with E-state index in [1.54, 1.807) is 32.4 Å². The summed E-state index contributed by atoms with van der Waals surface area (Å²) in [6.07, 6.45) is 4.37. The van der Waals surface area contributed by atoms with Gasteiger partial charge in [0.05, 0.1) is 14.2 Å². The lowest BCUT2D eigenvalue weighted by Gasteiger charge is -2.27. The highest BCUT2D eigenvalue weighted by Gasteiger charge is 2.23. The SMILES string of the molecule is COc1cc(OC)cc(C(=O)N(CC(C)=Cc2ccccc2)C[C@@H]2CCCN2)c1. The second kappa shape index (κ2) is 10.1. The number of rotatable bonds is 8. The van der Waals surface area contributed by atoms with Gasteiger partial charge >= 0.3 is 0 Å². The highest BCUT2D eigenvalue weighted by atomic mass is 16.5. The zero-order valence-corrected chi connectivity index (χ0v) is 17.5. The molecule has 1 saturated heterocycles. The van der Waals surface area contributed by atoms with Crippen LogP contribution in [0, 0.1) is 0 Å². The summed E-state index contributed by atoms with van der Waals surface area (Å²) in [7, 11) is 3.19. The van der Waals surface area contributed by atoms with Crippen molar-refractivity contribution in [3.63, 3.8) is 0 Å². The maximum Gasteiger partial charge on any atom is 0.254 e. The summed E-state index contributed by atoms with van der Waals surface area (Å²) in [6.45, 7) is 4.34. The number of amides is 1. The van der Waals surface area contributed by atoms with E-state index in [9.17, 15) is 4.79 Å². The van der Waals surface area contributed by atoms with E-state index in [1.165, 1.54) is 0 Å². The molecular weight excluding hydrogens is 364 g/mol. The minimum atomic E-state index is -0.0169. The Labute approximate surface area is 173 Å². The number of ether oxygens (including phenoxy) is 2. The first-order valence-corrected chi connectivity index (χ1v) is 10.1. The third kappa shape index (κ3) is 5.84. The fourth-order valence-electron chi connectivity index (χ4n) is 3.69. The molecule has 1 N–H and O–H groups in total. The van der Waals surface area contributed by atoms with Crippen LogP contribution in [0.25, 0.3) is 6.08 Å². The lowest BCUT2D eigenvalue weighted by Crippen LogP contribution is -2.42. The maximum absolute atomic E-state index is 13.4. The number of hydrogen-bond donors (Lipinski definition) is 1. The molecule has 154 valence electrons. The molecule has 0 aliphatic carbocycles. The molecule has 0 spiro atoms. The van der Waals surface area contributed by atoms with Crippen molar-refractivity contribution in [3.05, 3.63) is 65.2 Å². The molecule has 1 aliphatic heterocycles. The molecule has 0 bridgehead atoms. The van der Waals surface area contributed by atoms with E-state index in [0.717, 1.165) is 30.5 Å². The molecule has 29 heavy (non-hydrogen) atoms. The number of carbonyl (C=O) groups excluding carboxylic acids is 1. The molecule has 1 amide bonds. The van der Waals surface area contributed by atoms with E-state index < -0.39 is 0 Å². The Morgan fingerprint density at radius 1 is 1.14 bits per heavy atom. The van der Waals surface area contributed by atoms with Gasteiger partial charge in [-0.1, -0.05) is 42.0 Å². The molecule has 2 aromatic carbocycles.